The summed E-state index contributed by atoms with van der Waals surface area (Å²) in [6.45, 7) is 0. The van der Waals surface area contributed by atoms with Crippen molar-refractivity contribution in [1.29, 1.82) is 0 Å². The Balaban J connectivity index is 2.98. The lowest BCUT2D eigenvalue weighted by atomic mass is 10.1. The number of hydrogen-bond donors (Lipinski definition) is 1. The van der Waals surface area contributed by atoms with E-state index < -0.39 is 0 Å². The molecule has 0 aliphatic carbocycles. The molecule has 0 saturated carbocycles. The van der Waals surface area contributed by atoms with Crippen LogP contribution in [0.1, 0.15) is 16.8 Å². The minimum absolute atomic E-state index is 0.0844. The van der Waals surface area contributed by atoms with E-state index in [0.29, 0.717) is 16.3 Å². The summed E-state index contributed by atoms with van der Waals surface area (Å²) in [7, 11) is 0. The molecular weight excluding hydrogens is 186 g/mol. The Morgan fingerprint density at radius 3 is 2.85 bits per heavy atom. The van der Waals surface area contributed by atoms with Crippen LogP contribution in [0.15, 0.2) is 18.2 Å². The number of nitrogen functional groups attached to an aromatic ring is 1. The smallest absolute Gasteiger partial charge is 0.174 e. The number of nitrogens with two attached hydrogens (primary N) is 1. The van der Waals surface area contributed by atoms with E-state index >= 15 is 0 Å². The number of rotatable bonds is 2. The second-order valence-electron chi connectivity index (χ2n) is 2.54. The van der Waals surface area contributed by atoms with Crippen molar-refractivity contribution in [3.05, 3.63) is 28.8 Å². The molecule has 0 radical (unpaired) electrons. The number of carbonyl (C=O) groups excluding carboxylic acids is 1. The van der Waals surface area contributed by atoms with Gasteiger partial charge in [-0.15, -0.1) is 6.42 Å². The van der Waals surface area contributed by atoms with Crippen molar-refractivity contribution in [3.8, 4) is 12.3 Å². The Morgan fingerprint density at radius 1 is 1.62 bits per heavy atom. The summed E-state index contributed by atoms with van der Waals surface area (Å²) in [5, 5.41) is 0.442. The van der Waals surface area contributed by atoms with Crippen LogP contribution in [0.2, 0.25) is 5.02 Å². The van der Waals surface area contributed by atoms with Crippen LogP contribution in [-0.4, -0.2) is 5.78 Å². The Kier molecular flexibility index (Phi) is 2.94. The predicted octanol–water partition coefficient (Wildman–Crippen LogP) is 2.13. The highest BCUT2D eigenvalue weighted by atomic mass is 35.5. The quantitative estimate of drug-likeness (QED) is 0.444. The zero-order chi connectivity index (χ0) is 9.84. The van der Waals surface area contributed by atoms with Gasteiger partial charge in [0.1, 0.15) is 0 Å². The molecule has 0 heterocycles. The minimum Gasteiger partial charge on any atom is -0.398 e. The Hall–Kier alpha value is -1.46. The van der Waals surface area contributed by atoms with Gasteiger partial charge in [0, 0.05) is 5.56 Å². The number of ketones is 1. The van der Waals surface area contributed by atoms with E-state index in [1.54, 1.807) is 12.1 Å². The van der Waals surface area contributed by atoms with Crippen molar-refractivity contribution >= 4 is 23.1 Å². The maximum atomic E-state index is 11.3. The topological polar surface area (TPSA) is 43.1 Å². The molecule has 0 amide bonds. The lowest BCUT2D eigenvalue weighted by molar-refractivity contribution is 0.0998. The maximum Gasteiger partial charge on any atom is 0.174 e. The Labute approximate surface area is 81.7 Å². The van der Waals surface area contributed by atoms with Gasteiger partial charge >= 0.3 is 0 Å². The number of terminal acetylenes is 1. The van der Waals surface area contributed by atoms with Crippen LogP contribution in [0.3, 0.4) is 0 Å². The van der Waals surface area contributed by atoms with E-state index in [9.17, 15) is 4.79 Å². The van der Waals surface area contributed by atoms with Gasteiger partial charge in [-0.25, -0.2) is 0 Å². The number of anilines is 1. The fourth-order valence-corrected chi connectivity index (χ4v) is 1.03. The normalized spacial score (nSPS) is 9.23. The van der Waals surface area contributed by atoms with E-state index in [4.69, 9.17) is 23.8 Å². The average Bonchev–Trinajstić information content (AvgIpc) is 2.10. The first-order chi connectivity index (χ1) is 6.15. The third-order valence-corrected chi connectivity index (χ3v) is 1.92. The molecule has 0 aliphatic rings. The van der Waals surface area contributed by atoms with E-state index in [1.165, 1.54) is 6.07 Å². The molecule has 0 saturated heterocycles. The van der Waals surface area contributed by atoms with Crippen LogP contribution < -0.4 is 5.73 Å². The standard InChI is InChI=1S/C10H8ClNO/c1-2-3-10(13)7-4-5-8(11)9(12)6-7/h1,4-6H,3,12H2. The molecule has 0 unspecified atom stereocenters. The number of halogens is 1. The first-order valence-corrected chi connectivity index (χ1v) is 4.04. The van der Waals surface area contributed by atoms with Crippen LogP contribution >= 0.6 is 11.6 Å². The first-order valence-electron chi connectivity index (χ1n) is 3.67. The van der Waals surface area contributed by atoms with E-state index in [-0.39, 0.29) is 12.2 Å². The van der Waals surface area contributed by atoms with Gasteiger partial charge in [0.05, 0.1) is 17.1 Å². The summed E-state index contributed by atoms with van der Waals surface area (Å²) in [6.07, 6.45) is 5.09. The molecule has 0 spiro atoms. The summed E-state index contributed by atoms with van der Waals surface area (Å²) >= 11 is 5.69. The number of benzene rings is 1. The van der Waals surface area contributed by atoms with Crippen molar-refractivity contribution in [2.24, 2.45) is 0 Å². The summed E-state index contributed by atoms with van der Waals surface area (Å²) in [6, 6.07) is 4.72. The average molecular weight is 194 g/mol. The zero-order valence-electron chi connectivity index (χ0n) is 6.88. The molecule has 13 heavy (non-hydrogen) atoms. The number of hydrogen-bond acceptors (Lipinski definition) is 2. The van der Waals surface area contributed by atoms with Crippen LogP contribution in [0, 0.1) is 12.3 Å². The first kappa shape index (κ1) is 9.63. The molecule has 2 N–H and O–H groups in total. The number of carbonyl (C=O) groups is 1. The molecule has 0 atom stereocenters. The number of Topliss-reactive ketones (excluding diaryl/α,β-unsaturated/α-hetero) is 1. The molecule has 0 aliphatic heterocycles. The van der Waals surface area contributed by atoms with E-state index in [1.807, 2.05) is 0 Å². The van der Waals surface area contributed by atoms with Crippen molar-refractivity contribution in [1.82, 2.24) is 0 Å². The van der Waals surface area contributed by atoms with Crippen molar-refractivity contribution in [3.63, 3.8) is 0 Å². The van der Waals surface area contributed by atoms with E-state index in [0.717, 1.165) is 0 Å². The molecule has 1 aromatic rings. The van der Waals surface area contributed by atoms with Crippen molar-refractivity contribution in [2.45, 2.75) is 6.42 Å². The molecule has 0 aromatic heterocycles. The summed E-state index contributed by atoms with van der Waals surface area (Å²) < 4.78 is 0. The third kappa shape index (κ3) is 2.24. The van der Waals surface area contributed by atoms with Gasteiger partial charge in [-0.2, -0.15) is 0 Å². The fraction of sp³-hybridized carbons (Fsp3) is 0.100. The SMILES string of the molecule is C#CCC(=O)c1ccc(Cl)c(N)c1. The van der Waals surface area contributed by atoms with Gasteiger partial charge in [-0.3, -0.25) is 4.79 Å². The molecule has 2 nitrogen and oxygen atoms in total. The van der Waals surface area contributed by atoms with Gasteiger partial charge in [0.25, 0.3) is 0 Å². The predicted molar refractivity (Wildman–Crippen MR) is 53.6 cm³/mol. The zero-order valence-corrected chi connectivity index (χ0v) is 7.64. The fourth-order valence-electron chi connectivity index (χ4n) is 0.912. The second-order valence-corrected chi connectivity index (χ2v) is 2.95. The monoisotopic (exact) mass is 193 g/mol. The van der Waals surface area contributed by atoms with Crippen LogP contribution in [0.4, 0.5) is 5.69 Å². The molecule has 66 valence electrons. The molecule has 0 fully saturated rings. The third-order valence-electron chi connectivity index (χ3n) is 1.58. The Bertz CT molecular complexity index is 379. The van der Waals surface area contributed by atoms with Crippen molar-refractivity contribution in [2.75, 3.05) is 5.73 Å². The Morgan fingerprint density at radius 2 is 2.31 bits per heavy atom. The summed E-state index contributed by atoms with van der Waals surface area (Å²) in [5.74, 6) is 2.16. The highest BCUT2D eigenvalue weighted by molar-refractivity contribution is 6.33. The lowest BCUT2D eigenvalue weighted by Gasteiger charge is -2.00. The van der Waals surface area contributed by atoms with Crippen LogP contribution in [0.5, 0.6) is 0 Å². The largest absolute Gasteiger partial charge is 0.398 e. The molecule has 3 heteroatoms. The van der Waals surface area contributed by atoms with Crippen LogP contribution in [-0.2, 0) is 0 Å². The van der Waals surface area contributed by atoms with Gasteiger partial charge < -0.3 is 5.73 Å². The summed E-state index contributed by atoms with van der Waals surface area (Å²) in [4.78, 5) is 11.3. The van der Waals surface area contributed by atoms with Crippen LogP contribution in [0.25, 0.3) is 0 Å². The lowest BCUT2D eigenvalue weighted by Crippen LogP contribution is -1.98. The van der Waals surface area contributed by atoms with Crippen molar-refractivity contribution < 1.29 is 4.79 Å². The maximum absolute atomic E-state index is 11.3. The van der Waals surface area contributed by atoms with E-state index in [2.05, 4.69) is 5.92 Å². The summed E-state index contributed by atoms with van der Waals surface area (Å²) in [5.41, 5.74) is 6.41. The molecule has 1 aromatic carbocycles. The minimum atomic E-state index is -0.120. The van der Waals surface area contributed by atoms with Gasteiger partial charge in [-0.1, -0.05) is 17.5 Å². The van der Waals surface area contributed by atoms with Gasteiger partial charge in [0.15, 0.2) is 5.78 Å². The second kappa shape index (κ2) is 3.97. The highest BCUT2D eigenvalue weighted by Crippen LogP contribution is 2.19. The molecular formula is C10H8ClNO. The van der Waals surface area contributed by atoms with Gasteiger partial charge in [0.2, 0.25) is 0 Å². The molecule has 1 rings (SSSR count). The van der Waals surface area contributed by atoms with Gasteiger partial charge in [-0.05, 0) is 18.2 Å². The highest BCUT2D eigenvalue weighted by Gasteiger charge is 2.05. The molecule has 0 bridgehead atoms.